The molecule has 0 radical (unpaired) electrons. The lowest BCUT2D eigenvalue weighted by atomic mass is 9.64. The molecule has 1 aliphatic carbocycles. The van der Waals surface area contributed by atoms with Gasteiger partial charge in [-0.15, -0.1) is 0 Å². The average Bonchev–Trinajstić information content (AvgIpc) is 2.67. The number of ether oxygens (including phenoxy) is 1. The second-order valence-corrected chi connectivity index (χ2v) is 5.24. The molecular weight excluding hydrogens is 192 g/mol. The first kappa shape index (κ1) is 11.1. The van der Waals surface area contributed by atoms with Crippen molar-refractivity contribution in [2.45, 2.75) is 38.7 Å². The van der Waals surface area contributed by atoms with Crippen molar-refractivity contribution in [2.75, 3.05) is 13.2 Å². The third kappa shape index (κ3) is 1.95. The SMILES string of the molecule is CC1CCC(C=O)(C2COCC2O)CC1. The molecule has 0 aromatic heterocycles. The maximum atomic E-state index is 11.4. The summed E-state index contributed by atoms with van der Waals surface area (Å²) in [5.74, 6) is 0.750. The summed E-state index contributed by atoms with van der Waals surface area (Å²) >= 11 is 0. The monoisotopic (exact) mass is 212 g/mol. The van der Waals surface area contributed by atoms with Crippen LogP contribution < -0.4 is 0 Å². The van der Waals surface area contributed by atoms with Crippen LogP contribution >= 0.6 is 0 Å². The quantitative estimate of drug-likeness (QED) is 0.704. The Morgan fingerprint density at radius 1 is 1.33 bits per heavy atom. The van der Waals surface area contributed by atoms with Gasteiger partial charge in [-0.3, -0.25) is 0 Å². The van der Waals surface area contributed by atoms with Crippen LogP contribution in [0.1, 0.15) is 32.6 Å². The summed E-state index contributed by atoms with van der Waals surface area (Å²) < 4.78 is 5.27. The Kier molecular flexibility index (Phi) is 3.12. The van der Waals surface area contributed by atoms with Gasteiger partial charge in [-0.05, 0) is 31.6 Å². The molecule has 2 atom stereocenters. The molecule has 0 spiro atoms. The van der Waals surface area contributed by atoms with Crippen molar-refractivity contribution in [1.29, 1.82) is 0 Å². The maximum Gasteiger partial charge on any atom is 0.126 e. The number of hydrogen-bond acceptors (Lipinski definition) is 3. The predicted molar refractivity (Wildman–Crippen MR) is 56.4 cm³/mol. The topological polar surface area (TPSA) is 46.5 Å². The van der Waals surface area contributed by atoms with Gasteiger partial charge in [-0.2, -0.15) is 0 Å². The van der Waals surface area contributed by atoms with Crippen molar-refractivity contribution in [3.63, 3.8) is 0 Å². The van der Waals surface area contributed by atoms with Gasteiger partial charge in [-0.1, -0.05) is 6.92 Å². The Labute approximate surface area is 90.8 Å². The molecule has 2 aliphatic rings. The maximum absolute atomic E-state index is 11.4. The minimum atomic E-state index is -0.441. The van der Waals surface area contributed by atoms with E-state index in [1.165, 1.54) is 0 Å². The van der Waals surface area contributed by atoms with E-state index in [1.54, 1.807) is 0 Å². The summed E-state index contributed by atoms with van der Waals surface area (Å²) in [5.41, 5.74) is -0.303. The van der Waals surface area contributed by atoms with Crippen molar-refractivity contribution in [2.24, 2.45) is 17.3 Å². The first-order chi connectivity index (χ1) is 7.18. The molecule has 1 saturated carbocycles. The Hall–Kier alpha value is -0.410. The smallest absolute Gasteiger partial charge is 0.126 e. The molecular formula is C12H20O3. The van der Waals surface area contributed by atoms with Gasteiger partial charge in [0.2, 0.25) is 0 Å². The van der Waals surface area contributed by atoms with Crippen LogP contribution in [0.5, 0.6) is 0 Å². The van der Waals surface area contributed by atoms with E-state index in [-0.39, 0.29) is 11.3 Å². The highest BCUT2D eigenvalue weighted by atomic mass is 16.5. The van der Waals surface area contributed by atoms with Gasteiger partial charge in [0.1, 0.15) is 6.29 Å². The van der Waals surface area contributed by atoms with E-state index in [9.17, 15) is 9.90 Å². The van der Waals surface area contributed by atoms with E-state index >= 15 is 0 Å². The molecule has 2 rings (SSSR count). The summed E-state index contributed by atoms with van der Waals surface area (Å²) in [5, 5.41) is 9.82. The second-order valence-electron chi connectivity index (χ2n) is 5.24. The van der Waals surface area contributed by atoms with Gasteiger partial charge >= 0.3 is 0 Å². The van der Waals surface area contributed by atoms with E-state index in [0.717, 1.165) is 37.9 Å². The summed E-state index contributed by atoms with van der Waals surface area (Å²) in [6.07, 6.45) is 4.68. The fraction of sp³-hybridized carbons (Fsp3) is 0.917. The van der Waals surface area contributed by atoms with Crippen LogP contribution in [0.4, 0.5) is 0 Å². The Morgan fingerprint density at radius 2 is 2.00 bits per heavy atom. The third-order valence-electron chi connectivity index (χ3n) is 4.23. The van der Waals surface area contributed by atoms with Crippen LogP contribution in [0, 0.1) is 17.3 Å². The summed E-state index contributed by atoms with van der Waals surface area (Å²) in [6.45, 7) is 3.18. The minimum absolute atomic E-state index is 0.0301. The standard InChI is InChI=1S/C12H20O3/c1-9-2-4-12(8-13,5-3-9)10-6-15-7-11(10)14/h8-11,14H,2-7H2,1H3. The first-order valence-electron chi connectivity index (χ1n) is 5.90. The largest absolute Gasteiger partial charge is 0.390 e. The van der Waals surface area contributed by atoms with Gasteiger partial charge in [-0.25, -0.2) is 0 Å². The van der Waals surface area contributed by atoms with Crippen LogP contribution in [-0.4, -0.2) is 30.7 Å². The molecule has 0 aromatic carbocycles. The van der Waals surface area contributed by atoms with Gasteiger partial charge in [0, 0.05) is 11.3 Å². The van der Waals surface area contributed by atoms with Gasteiger partial charge in [0.05, 0.1) is 19.3 Å². The normalized spacial score (nSPS) is 46.7. The number of aldehydes is 1. The molecule has 1 aliphatic heterocycles. The molecule has 0 bridgehead atoms. The molecule has 1 saturated heterocycles. The lowest BCUT2D eigenvalue weighted by Crippen LogP contribution is -2.41. The van der Waals surface area contributed by atoms with E-state index in [2.05, 4.69) is 6.92 Å². The van der Waals surface area contributed by atoms with Crippen molar-refractivity contribution in [1.82, 2.24) is 0 Å². The molecule has 3 nitrogen and oxygen atoms in total. The zero-order valence-electron chi connectivity index (χ0n) is 9.32. The van der Waals surface area contributed by atoms with Crippen LogP contribution in [0.15, 0.2) is 0 Å². The fourth-order valence-electron chi connectivity index (χ4n) is 2.97. The van der Waals surface area contributed by atoms with Crippen molar-refractivity contribution in [3.8, 4) is 0 Å². The zero-order chi connectivity index (χ0) is 10.9. The molecule has 1 heterocycles. The molecule has 2 fully saturated rings. The summed E-state index contributed by atoms with van der Waals surface area (Å²) in [4.78, 5) is 11.4. The minimum Gasteiger partial charge on any atom is -0.390 e. The number of aliphatic hydroxyl groups excluding tert-OH is 1. The number of aliphatic hydroxyl groups is 1. The average molecular weight is 212 g/mol. The number of carbonyl (C=O) groups is 1. The lowest BCUT2D eigenvalue weighted by molar-refractivity contribution is -0.124. The molecule has 0 amide bonds. The Morgan fingerprint density at radius 3 is 2.47 bits per heavy atom. The van der Waals surface area contributed by atoms with Crippen LogP contribution in [0.25, 0.3) is 0 Å². The van der Waals surface area contributed by atoms with Crippen LogP contribution in [0.3, 0.4) is 0 Å². The van der Waals surface area contributed by atoms with E-state index in [4.69, 9.17) is 4.74 Å². The Bertz CT molecular complexity index is 231. The van der Waals surface area contributed by atoms with Crippen molar-refractivity contribution in [3.05, 3.63) is 0 Å². The fourth-order valence-corrected chi connectivity index (χ4v) is 2.97. The Balaban J connectivity index is 2.10. The number of rotatable bonds is 2. The summed E-state index contributed by atoms with van der Waals surface area (Å²) in [6, 6.07) is 0. The molecule has 1 N–H and O–H groups in total. The van der Waals surface area contributed by atoms with Crippen molar-refractivity contribution >= 4 is 6.29 Å². The van der Waals surface area contributed by atoms with E-state index in [0.29, 0.717) is 13.2 Å². The summed E-state index contributed by atoms with van der Waals surface area (Å²) in [7, 11) is 0. The predicted octanol–water partition coefficient (Wildman–Crippen LogP) is 1.39. The number of carbonyl (C=O) groups excluding carboxylic acids is 1. The van der Waals surface area contributed by atoms with E-state index in [1.807, 2.05) is 0 Å². The van der Waals surface area contributed by atoms with Gasteiger partial charge in [0.25, 0.3) is 0 Å². The zero-order valence-corrected chi connectivity index (χ0v) is 9.32. The molecule has 86 valence electrons. The van der Waals surface area contributed by atoms with Crippen molar-refractivity contribution < 1.29 is 14.6 Å². The second kappa shape index (κ2) is 4.22. The van der Waals surface area contributed by atoms with Gasteiger partial charge in [0.15, 0.2) is 0 Å². The van der Waals surface area contributed by atoms with Gasteiger partial charge < -0.3 is 14.6 Å². The highest BCUT2D eigenvalue weighted by Crippen LogP contribution is 2.45. The molecule has 2 unspecified atom stereocenters. The third-order valence-corrected chi connectivity index (χ3v) is 4.23. The highest BCUT2D eigenvalue weighted by molar-refractivity contribution is 5.60. The number of hydrogen-bond donors (Lipinski definition) is 1. The molecule has 3 heteroatoms. The van der Waals surface area contributed by atoms with Crippen LogP contribution in [-0.2, 0) is 9.53 Å². The lowest BCUT2D eigenvalue weighted by Gasteiger charge is -2.40. The highest BCUT2D eigenvalue weighted by Gasteiger charge is 2.46. The molecule has 0 aromatic rings. The first-order valence-corrected chi connectivity index (χ1v) is 5.90. The van der Waals surface area contributed by atoms with Crippen LogP contribution in [0.2, 0.25) is 0 Å². The molecule has 15 heavy (non-hydrogen) atoms. The van der Waals surface area contributed by atoms with E-state index < -0.39 is 6.10 Å².